The first-order chi connectivity index (χ1) is 13.4. The molecule has 0 saturated carbocycles. The molecule has 1 aliphatic heterocycles. The lowest BCUT2D eigenvalue weighted by Gasteiger charge is -2.27. The van der Waals surface area contributed by atoms with Crippen molar-refractivity contribution in [3.05, 3.63) is 60.7 Å². The number of hydrogen-bond donors (Lipinski definition) is 1. The highest BCUT2D eigenvalue weighted by atomic mass is 32.2. The molecule has 6 heteroatoms. The fourth-order valence-electron chi connectivity index (χ4n) is 3.06. The molecule has 0 radical (unpaired) electrons. The van der Waals surface area contributed by atoms with Crippen LogP contribution in [-0.2, 0) is 4.79 Å². The van der Waals surface area contributed by atoms with Crippen LogP contribution in [0.5, 0.6) is 5.75 Å². The zero-order chi connectivity index (χ0) is 20.3. The molecule has 0 unspecified atom stereocenters. The monoisotopic (exact) mass is 396 g/mol. The number of nitrogens with zero attached hydrogens (tertiary/aromatic N) is 1. The van der Waals surface area contributed by atoms with Gasteiger partial charge in [-0.3, -0.25) is 9.59 Å². The second kappa shape index (κ2) is 8.10. The lowest BCUT2D eigenvalue weighted by molar-refractivity contribution is -0.127. The molecule has 0 fully saturated rings. The van der Waals surface area contributed by atoms with Crippen molar-refractivity contribution in [3.63, 3.8) is 0 Å². The third-order valence-electron chi connectivity index (χ3n) is 4.58. The summed E-state index contributed by atoms with van der Waals surface area (Å²) in [5, 5.41) is 2.93. The minimum absolute atomic E-state index is 0.0395. The van der Waals surface area contributed by atoms with Crippen LogP contribution in [0.25, 0.3) is 0 Å². The Hall–Kier alpha value is -2.73. The summed E-state index contributed by atoms with van der Waals surface area (Å²) >= 11 is 1.52. The maximum absolute atomic E-state index is 13.0. The van der Waals surface area contributed by atoms with Gasteiger partial charge in [0.05, 0.1) is 16.7 Å². The van der Waals surface area contributed by atoms with Gasteiger partial charge in [-0.15, -0.1) is 18.3 Å². The van der Waals surface area contributed by atoms with Gasteiger partial charge in [0, 0.05) is 17.1 Å². The molecular formula is C22H24N2O3S. The van der Waals surface area contributed by atoms with E-state index in [0.717, 1.165) is 4.90 Å². The molecule has 0 atom stereocenters. The van der Waals surface area contributed by atoms with Gasteiger partial charge < -0.3 is 15.0 Å². The van der Waals surface area contributed by atoms with Gasteiger partial charge in [0.25, 0.3) is 5.91 Å². The van der Waals surface area contributed by atoms with Gasteiger partial charge in [-0.1, -0.05) is 18.2 Å². The van der Waals surface area contributed by atoms with Gasteiger partial charge in [-0.05, 0) is 50.4 Å². The highest BCUT2D eigenvalue weighted by Crippen LogP contribution is 2.38. The van der Waals surface area contributed by atoms with Crippen LogP contribution in [0.4, 0.5) is 11.4 Å². The van der Waals surface area contributed by atoms with Crippen LogP contribution in [0.3, 0.4) is 0 Å². The molecule has 0 spiro atoms. The first-order valence-corrected chi connectivity index (χ1v) is 10.2. The second-order valence-corrected chi connectivity index (χ2v) is 8.06. The molecule has 2 aromatic rings. The number of amides is 2. The Morgan fingerprint density at radius 3 is 2.79 bits per heavy atom. The van der Waals surface area contributed by atoms with Crippen molar-refractivity contribution in [3.8, 4) is 5.75 Å². The maximum Gasteiger partial charge on any atom is 0.256 e. The standard InChI is InChI=1S/C22H24N2O3S/c1-5-12-24-17-13-15(10-11-18(17)27-14-22(2,3)21(24)26)23-20(25)16-8-6-7-9-19(16)28-4/h5-11,13H,1,12,14H2,2-4H3,(H,23,25). The van der Waals surface area contributed by atoms with E-state index in [-0.39, 0.29) is 11.8 Å². The van der Waals surface area contributed by atoms with Crippen LogP contribution in [0.2, 0.25) is 0 Å². The molecule has 2 amide bonds. The number of hydrogen-bond acceptors (Lipinski definition) is 4. The second-order valence-electron chi connectivity index (χ2n) is 7.21. The number of fused-ring (bicyclic) bond motifs is 1. The zero-order valence-electron chi connectivity index (χ0n) is 16.3. The summed E-state index contributed by atoms with van der Waals surface area (Å²) in [7, 11) is 0. The SMILES string of the molecule is C=CCN1C(=O)C(C)(C)COc2ccc(NC(=O)c3ccccc3SC)cc21. The smallest absolute Gasteiger partial charge is 0.256 e. The molecule has 1 heterocycles. The first kappa shape index (κ1) is 20.0. The average Bonchev–Trinajstić information content (AvgIpc) is 2.78. The Morgan fingerprint density at radius 2 is 2.07 bits per heavy atom. The van der Waals surface area contributed by atoms with E-state index in [1.54, 1.807) is 35.2 Å². The molecule has 0 aromatic heterocycles. The lowest BCUT2D eigenvalue weighted by atomic mass is 9.93. The fourth-order valence-corrected chi connectivity index (χ4v) is 3.66. The predicted octanol–water partition coefficient (Wildman–Crippen LogP) is 4.60. The van der Waals surface area contributed by atoms with Gasteiger partial charge in [-0.2, -0.15) is 0 Å². The van der Waals surface area contributed by atoms with E-state index in [2.05, 4.69) is 11.9 Å². The predicted molar refractivity (Wildman–Crippen MR) is 114 cm³/mol. The quantitative estimate of drug-likeness (QED) is 0.593. The number of nitrogens with one attached hydrogen (secondary N) is 1. The molecule has 2 aromatic carbocycles. The number of ether oxygens (including phenoxy) is 1. The van der Waals surface area contributed by atoms with Gasteiger partial charge >= 0.3 is 0 Å². The Morgan fingerprint density at radius 1 is 1.32 bits per heavy atom. The van der Waals surface area contributed by atoms with E-state index >= 15 is 0 Å². The molecule has 3 rings (SSSR count). The first-order valence-electron chi connectivity index (χ1n) is 9.01. The largest absolute Gasteiger partial charge is 0.490 e. The Labute approximate surface area is 169 Å². The molecule has 28 heavy (non-hydrogen) atoms. The molecule has 0 bridgehead atoms. The molecule has 1 aliphatic rings. The molecular weight excluding hydrogens is 372 g/mol. The van der Waals surface area contributed by atoms with Gasteiger partial charge in [0.15, 0.2) is 0 Å². The van der Waals surface area contributed by atoms with Crippen molar-refractivity contribution >= 4 is 35.0 Å². The lowest BCUT2D eigenvalue weighted by Crippen LogP contribution is -2.42. The highest BCUT2D eigenvalue weighted by molar-refractivity contribution is 7.98. The van der Waals surface area contributed by atoms with Crippen molar-refractivity contribution in [2.75, 3.05) is 29.6 Å². The van der Waals surface area contributed by atoms with E-state index in [1.807, 2.05) is 38.3 Å². The van der Waals surface area contributed by atoms with Crippen molar-refractivity contribution in [2.24, 2.45) is 5.41 Å². The van der Waals surface area contributed by atoms with Crippen LogP contribution >= 0.6 is 11.8 Å². The van der Waals surface area contributed by atoms with Gasteiger partial charge in [-0.25, -0.2) is 0 Å². The average molecular weight is 397 g/mol. The normalized spacial score (nSPS) is 15.2. The third-order valence-corrected chi connectivity index (χ3v) is 5.38. The van der Waals surface area contributed by atoms with Crippen molar-refractivity contribution in [1.29, 1.82) is 0 Å². The number of carbonyl (C=O) groups excluding carboxylic acids is 2. The van der Waals surface area contributed by atoms with Crippen molar-refractivity contribution < 1.29 is 14.3 Å². The Balaban J connectivity index is 1.94. The van der Waals surface area contributed by atoms with Crippen LogP contribution in [0, 0.1) is 5.41 Å². The highest BCUT2D eigenvalue weighted by Gasteiger charge is 2.37. The van der Waals surface area contributed by atoms with Gasteiger partial charge in [0.1, 0.15) is 12.4 Å². The van der Waals surface area contributed by atoms with Crippen LogP contribution in [0.1, 0.15) is 24.2 Å². The summed E-state index contributed by atoms with van der Waals surface area (Å²) in [6.45, 7) is 8.14. The molecule has 5 nitrogen and oxygen atoms in total. The topological polar surface area (TPSA) is 58.6 Å². The summed E-state index contributed by atoms with van der Waals surface area (Å²) in [6.07, 6.45) is 3.62. The van der Waals surface area contributed by atoms with Crippen LogP contribution < -0.4 is 15.0 Å². The van der Waals surface area contributed by atoms with Gasteiger partial charge in [0.2, 0.25) is 5.91 Å². The van der Waals surface area contributed by atoms with E-state index in [0.29, 0.717) is 35.8 Å². The number of benzene rings is 2. The fraction of sp³-hybridized carbons (Fsp3) is 0.273. The summed E-state index contributed by atoms with van der Waals surface area (Å²) in [4.78, 5) is 28.3. The van der Waals surface area contributed by atoms with E-state index in [4.69, 9.17) is 4.74 Å². The van der Waals surface area contributed by atoms with E-state index in [9.17, 15) is 9.59 Å². The zero-order valence-corrected chi connectivity index (χ0v) is 17.1. The van der Waals surface area contributed by atoms with E-state index < -0.39 is 5.41 Å². The Bertz CT molecular complexity index is 924. The van der Waals surface area contributed by atoms with Crippen LogP contribution in [-0.4, -0.2) is 31.2 Å². The maximum atomic E-state index is 13.0. The third kappa shape index (κ3) is 3.92. The van der Waals surface area contributed by atoms with Crippen LogP contribution in [0.15, 0.2) is 60.0 Å². The summed E-state index contributed by atoms with van der Waals surface area (Å²) in [5.41, 5.74) is 1.19. The molecule has 0 saturated heterocycles. The summed E-state index contributed by atoms with van der Waals surface area (Å²) in [6, 6.07) is 12.8. The minimum Gasteiger partial charge on any atom is -0.490 e. The van der Waals surface area contributed by atoms with Crippen molar-refractivity contribution in [1.82, 2.24) is 0 Å². The van der Waals surface area contributed by atoms with E-state index in [1.165, 1.54) is 11.8 Å². The molecule has 1 N–H and O–H groups in total. The minimum atomic E-state index is -0.650. The summed E-state index contributed by atoms with van der Waals surface area (Å²) < 4.78 is 5.88. The van der Waals surface area contributed by atoms with Crippen molar-refractivity contribution in [2.45, 2.75) is 18.7 Å². The Kier molecular flexibility index (Phi) is 5.79. The number of anilines is 2. The number of carbonyl (C=O) groups is 2. The number of rotatable bonds is 5. The number of thioether (sulfide) groups is 1. The summed E-state index contributed by atoms with van der Waals surface area (Å²) in [5.74, 6) is 0.381. The molecule has 0 aliphatic carbocycles. The molecule has 146 valence electrons.